The van der Waals surface area contributed by atoms with Gasteiger partial charge in [-0.15, -0.1) is 0 Å². The summed E-state index contributed by atoms with van der Waals surface area (Å²) < 4.78 is 0. The second kappa shape index (κ2) is 3.64. The van der Waals surface area contributed by atoms with Crippen molar-refractivity contribution in [2.75, 3.05) is 0 Å². The van der Waals surface area contributed by atoms with Crippen LogP contribution in [0.2, 0.25) is 0 Å². The van der Waals surface area contributed by atoms with Crippen LogP contribution in [0.5, 0.6) is 0 Å². The Balaban J connectivity index is 3.14. The molecule has 1 aromatic carbocycles. The molecule has 1 aromatic rings. The standard InChI is InChI=1S/C11H15Se/c1-11(2,3)10-7-5-4-6-9(10)8-12/h4-7H,8H2,1-3H3. The van der Waals surface area contributed by atoms with Gasteiger partial charge in [0.1, 0.15) is 0 Å². The fraction of sp³-hybridized carbons (Fsp3) is 0.455. The van der Waals surface area contributed by atoms with Gasteiger partial charge in [-0.25, -0.2) is 0 Å². The van der Waals surface area contributed by atoms with Gasteiger partial charge >= 0.3 is 82.9 Å². The third kappa shape index (κ3) is 2.12. The number of rotatable bonds is 1. The number of benzene rings is 1. The van der Waals surface area contributed by atoms with Crippen LogP contribution in [0.3, 0.4) is 0 Å². The van der Waals surface area contributed by atoms with Crippen LogP contribution in [0.15, 0.2) is 24.3 Å². The first-order valence-corrected chi connectivity index (χ1v) is 5.43. The van der Waals surface area contributed by atoms with Crippen molar-refractivity contribution < 1.29 is 0 Å². The van der Waals surface area contributed by atoms with E-state index in [1.54, 1.807) is 0 Å². The van der Waals surface area contributed by atoms with E-state index in [0.717, 1.165) is 5.32 Å². The molecule has 65 valence electrons. The molecule has 0 heterocycles. The Morgan fingerprint density at radius 3 is 2.17 bits per heavy atom. The molecule has 0 aromatic heterocycles. The van der Waals surface area contributed by atoms with Gasteiger partial charge in [0.25, 0.3) is 0 Å². The summed E-state index contributed by atoms with van der Waals surface area (Å²) in [5.74, 6) is 0. The molecule has 1 heteroatoms. The van der Waals surface area contributed by atoms with Crippen LogP contribution >= 0.6 is 0 Å². The van der Waals surface area contributed by atoms with E-state index < -0.39 is 0 Å². The summed E-state index contributed by atoms with van der Waals surface area (Å²) in [6, 6.07) is 8.62. The number of hydrogen-bond acceptors (Lipinski definition) is 0. The van der Waals surface area contributed by atoms with Crippen molar-refractivity contribution >= 4 is 16.0 Å². The molecule has 1 rings (SSSR count). The first-order valence-electron chi connectivity index (χ1n) is 4.22. The summed E-state index contributed by atoms with van der Waals surface area (Å²) in [4.78, 5) is 0. The quantitative estimate of drug-likeness (QED) is 0.646. The van der Waals surface area contributed by atoms with Crippen molar-refractivity contribution in [2.45, 2.75) is 31.5 Å². The first-order chi connectivity index (χ1) is 5.55. The maximum atomic E-state index is 3.07. The Kier molecular flexibility index (Phi) is 2.98. The second-order valence-corrected chi connectivity index (χ2v) is 4.66. The Labute approximate surface area is 83.2 Å². The van der Waals surface area contributed by atoms with Gasteiger partial charge in [-0.2, -0.15) is 0 Å². The average molecular weight is 226 g/mol. The molecule has 0 N–H and O–H groups in total. The van der Waals surface area contributed by atoms with Gasteiger partial charge in [0.2, 0.25) is 0 Å². The molecule has 12 heavy (non-hydrogen) atoms. The van der Waals surface area contributed by atoms with E-state index in [-0.39, 0.29) is 5.41 Å². The summed E-state index contributed by atoms with van der Waals surface area (Å²) >= 11 is 3.07. The summed E-state index contributed by atoms with van der Waals surface area (Å²) in [5, 5.41) is 1.01. The van der Waals surface area contributed by atoms with E-state index in [4.69, 9.17) is 0 Å². The minimum atomic E-state index is 0.264. The second-order valence-electron chi connectivity index (χ2n) is 4.05. The molecule has 0 amide bonds. The van der Waals surface area contributed by atoms with Crippen LogP contribution in [0.4, 0.5) is 0 Å². The molecular formula is C11H15Se. The van der Waals surface area contributed by atoms with Crippen molar-refractivity contribution in [3.63, 3.8) is 0 Å². The fourth-order valence-corrected chi connectivity index (χ4v) is 1.91. The SMILES string of the molecule is CC(C)(C)c1ccccc1C[Se]. The molecule has 0 atom stereocenters. The topological polar surface area (TPSA) is 0 Å². The zero-order valence-electron chi connectivity index (χ0n) is 7.92. The predicted octanol–water partition coefficient (Wildman–Crippen LogP) is 2.65. The van der Waals surface area contributed by atoms with Crippen molar-refractivity contribution in [3.8, 4) is 0 Å². The molecule has 0 fully saturated rings. The van der Waals surface area contributed by atoms with Crippen molar-refractivity contribution in [2.24, 2.45) is 0 Å². The van der Waals surface area contributed by atoms with Gasteiger partial charge in [0.05, 0.1) is 0 Å². The van der Waals surface area contributed by atoms with Crippen LogP contribution in [0.1, 0.15) is 31.9 Å². The molecule has 0 aliphatic heterocycles. The van der Waals surface area contributed by atoms with Crippen molar-refractivity contribution in [1.82, 2.24) is 0 Å². The molecule has 0 spiro atoms. The molecule has 0 aliphatic rings. The van der Waals surface area contributed by atoms with Crippen LogP contribution in [0.25, 0.3) is 0 Å². The van der Waals surface area contributed by atoms with E-state index in [0.29, 0.717) is 0 Å². The third-order valence-corrected chi connectivity index (χ3v) is 2.63. The van der Waals surface area contributed by atoms with Gasteiger partial charge < -0.3 is 0 Å². The summed E-state index contributed by atoms with van der Waals surface area (Å²) in [6.45, 7) is 6.75. The van der Waals surface area contributed by atoms with Crippen molar-refractivity contribution in [3.05, 3.63) is 35.4 Å². The van der Waals surface area contributed by atoms with Crippen LogP contribution in [-0.2, 0) is 10.7 Å². The van der Waals surface area contributed by atoms with Gasteiger partial charge in [-0.1, -0.05) is 0 Å². The van der Waals surface area contributed by atoms with Crippen LogP contribution < -0.4 is 0 Å². The Morgan fingerprint density at radius 2 is 1.75 bits per heavy atom. The monoisotopic (exact) mass is 227 g/mol. The zero-order chi connectivity index (χ0) is 9.19. The Bertz CT molecular complexity index is 258. The van der Waals surface area contributed by atoms with Crippen LogP contribution in [-0.4, -0.2) is 16.0 Å². The van der Waals surface area contributed by atoms with Gasteiger partial charge in [0.15, 0.2) is 0 Å². The number of hydrogen-bond donors (Lipinski definition) is 0. The first kappa shape index (κ1) is 9.82. The zero-order valence-corrected chi connectivity index (χ0v) is 9.64. The molecule has 0 aliphatic carbocycles. The molecule has 0 nitrogen and oxygen atoms in total. The minimum absolute atomic E-state index is 0.264. The van der Waals surface area contributed by atoms with E-state index in [2.05, 4.69) is 61.0 Å². The third-order valence-electron chi connectivity index (χ3n) is 1.98. The molecule has 0 saturated heterocycles. The molecule has 0 unspecified atom stereocenters. The van der Waals surface area contributed by atoms with Gasteiger partial charge in [-0.3, -0.25) is 0 Å². The van der Waals surface area contributed by atoms with Gasteiger partial charge in [-0.05, 0) is 0 Å². The predicted molar refractivity (Wildman–Crippen MR) is 54.6 cm³/mol. The summed E-state index contributed by atoms with van der Waals surface area (Å²) in [5.41, 5.74) is 3.13. The van der Waals surface area contributed by atoms with Crippen molar-refractivity contribution in [1.29, 1.82) is 0 Å². The fourth-order valence-electron chi connectivity index (χ4n) is 1.38. The summed E-state index contributed by atoms with van der Waals surface area (Å²) in [7, 11) is 0. The van der Waals surface area contributed by atoms with E-state index in [9.17, 15) is 0 Å². The molecular weight excluding hydrogens is 211 g/mol. The normalized spacial score (nSPS) is 11.7. The molecule has 0 saturated carbocycles. The van der Waals surface area contributed by atoms with E-state index >= 15 is 0 Å². The Hall–Kier alpha value is -0.261. The summed E-state index contributed by atoms with van der Waals surface area (Å²) in [6.07, 6.45) is 0. The van der Waals surface area contributed by atoms with E-state index in [1.165, 1.54) is 11.1 Å². The maximum absolute atomic E-state index is 3.07. The van der Waals surface area contributed by atoms with E-state index in [1.807, 2.05) is 0 Å². The Morgan fingerprint density at radius 1 is 1.17 bits per heavy atom. The molecule has 0 bridgehead atoms. The van der Waals surface area contributed by atoms with Crippen LogP contribution in [0, 0.1) is 0 Å². The van der Waals surface area contributed by atoms with Gasteiger partial charge in [0, 0.05) is 0 Å². The molecule has 1 radical (unpaired) electrons. The average Bonchev–Trinajstić information content (AvgIpc) is 2.03.